The van der Waals surface area contributed by atoms with E-state index in [1.54, 1.807) is 7.05 Å². The van der Waals surface area contributed by atoms with E-state index in [9.17, 15) is 0 Å². The lowest BCUT2D eigenvalue weighted by atomic mass is 10.0. The summed E-state index contributed by atoms with van der Waals surface area (Å²) in [6, 6.07) is 2.59. The van der Waals surface area contributed by atoms with Gasteiger partial charge in [-0.25, -0.2) is 9.98 Å². The van der Waals surface area contributed by atoms with Crippen molar-refractivity contribution >= 4 is 6.01 Å². The zero-order valence-electron chi connectivity index (χ0n) is 6.60. The Morgan fingerprint density at radius 1 is 1.44 bits per heavy atom. The Hall–Kier alpha value is -0.620. The van der Waals surface area contributed by atoms with Crippen LogP contribution in [0.15, 0.2) is 9.98 Å². The van der Waals surface area contributed by atoms with Crippen LogP contribution in [0.4, 0.5) is 0 Å². The Bertz CT molecular complexity index is 130. The van der Waals surface area contributed by atoms with Gasteiger partial charge in [0.1, 0.15) is 0 Å². The first-order chi connectivity index (χ1) is 4.12. The largest absolute Gasteiger partial charge is 0.229 e. The van der Waals surface area contributed by atoms with Gasteiger partial charge in [-0.1, -0.05) is 6.92 Å². The van der Waals surface area contributed by atoms with Crippen LogP contribution in [0.5, 0.6) is 0 Å². The number of nitrogens with zero attached hydrogens (tertiary/aromatic N) is 2. The number of aliphatic imine (C=N–C) groups is 2. The highest BCUT2D eigenvalue weighted by molar-refractivity contribution is 5.41. The van der Waals surface area contributed by atoms with E-state index >= 15 is 0 Å². The summed E-state index contributed by atoms with van der Waals surface area (Å²) in [7, 11) is 1.68. The van der Waals surface area contributed by atoms with Crippen LogP contribution in [0.25, 0.3) is 0 Å². The Morgan fingerprint density at radius 2 is 2.00 bits per heavy atom. The van der Waals surface area contributed by atoms with Gasteiger partial charge in [0.2, 0.25) is 0 Å². The summed E-state index contributed by atoms with van der Waals surface area (Å²) < 4.78 is 0. The van der Waals surface area contributed by atoms with E-state index in [0.29, 0.717) is 0 Å². The van der Waals surface area contributed by atoms with E-state index < -0.39 is 0 Å². The molecule has 0 aliphatic heterocycles. The number of hydrogen-bond donors (Lipinski definition) is 0. The molecule has 0 radical (unpaired) electrons. The molecule has 0 amide bonds. The zero-order valence-corrected chi connectivity index (χ0v) is 6.60. The highest BCUT2D eigenvalue weighted by Gasteiger charge is 2.10. The molecular formula is C7H14N2. The first-order valence-electron chi connectivity index (χ1n) is 3.18. The van der Waals surface area contributed by atoms with Gasteiger partial charge >= 0.3 is 0 Å². The Balaban J connectivity index is 4.01. The molecule has 0 aromatic heterocycles. The van der Waals surface area contributed by atoms with Crippen molar-refractivity contribution in [3.05, 3.63) is 0 Å². The molecule has 0 aromatic rings. The van der Waals surface area contributed by atoms with Gasteiger partial charge in [0.15, 0.2) is 0 Å². The molecule has 0 aliphatic rings. The lowest BCUT2D eigenvalue weighted by Gasteiger charge is -2.12. The smallest absolute Gasteiger partial charge is 0.0895 e. The van der Waals surface area contributed by atoms with Crippen molar-refractivity contribution in [1.29, 1.82) is 0 Å². The molecule has 52 valence electrons. The molecule has 0 fully saturated rings. The van der Waals surface area contributed by atoms with Crippen LogP contribution >= 0.6 is 0 Å². The minimum absolute atomic E-state index is 0.0134. The molecule has 0 atom stereocenters. The summed E-state index contributed by atoms with van der Waals surface area (Å²) in [4.78, 5) is 7.73. The Labute approximate surface area is 56.7 Å². The Kier molecular flexibility index (Phi) is 3.18. The van der Waals surface area contributed by atoms with Gasteiger partial charge in [-0.3, -0.25) is 0 Å². The average molecular weight is 126 g/mol. The molecule has 2 nitrogen and oxygen atoms in total. The van der Waals surface area contributed by atoms with Crippen molar-refractivity contribution in [3.8, 4) is 0 Å². The maximum absolute atomic E-state index is 4.08. The van der Waals surface area contributed by atoms with E-state index in [2.05, 4.69) is 36.8 Å². The second kappa shape index (κ2) is 3.41. The lowest BCUT2D eigenvalue weighted by Crippen LogP contribution is -2.13. The van der Waals surface area contributed by atoms with Crippen molar-refractivity contribution < 1.29 is 0 Å². The fraction of sp³-hybridized carbons (Fsp3) is 0.857. The first kappa shape index (κ1) is 8.38. The minimum atomic E-state index is 0.0134. The van der Waals surface area contributed by atoms with Crippen LogP contribution < -0.4 is 0 Å². The first-order valence-corrected chi connectivity index (χ1v) is 3.18. The molecule has 0 rings (SSSR count). The van der Waals surface area contributed by atoms with Crippen molar-refractivity contribution in [2.24, 2.45) is 9.98 Å². The monoisotopic (exact) mass is 126 g/mol. The second-order valence-corrected chi connectivity index (χ2v) is 2.60. The summed E-state index contributed by atoms with van der Waals surface area (Å²) in [5, 5.41) is 0. The van der Waals surface area contributed by atoms with E-state index in [4.69, 9.17) is 0 Å². The molecule has 0 unspecified atom stereocenters. The van der Waals surface area contributed by atoms with Crippen molar-refractivity contribution in [2.45, 2.75) is 32.7 Å². The van der Waals surface area contributed by atoms with Gasteiger partial charge < -0.3 is 0 Å². The summed E-state index contributed by atoms with van der Waals surface area (Å²) >= 11 is 0. The van der Waals surface area contributed by atoms with Gasteiger partial charge in [0, 0.05) is 7.05 Å². The summed E-state index contributed by atoms with van der Waals surface area (Å²) in [6.45, 7) is 6.22. The summed E-state index contributed by atoms with van der Waals surface area (Å²) in [6.07, 6.45) is 1.02. The fourth-order valence-electron chi connectivity index (χ4n) is 0.264. The van der Waals surface area contributed by atoms with Gasteiger partial charge in [-0.2, -0.15) is 0 Å². The van der Waals surface area contributed by atoms with Crippen molar-refractivity contribution in [3.63, 3.8) is 0 Å². The van der Waals surface area contributed by atoms with Crippen molar-refractivity contribution in [1.82, 2.24) is 0 Å². The Morgan fingerprint density at radius 3 is 2.33 bits per heavy atom. The third kappa shape index (κ3) is 3.92. The molecule has 0 aromatic carbocycles. The molecule has 9 heavy (non-hydrogen) atoms. The van der Waals surface area contributed by atoms with Gasteiger partial charge in [0.25, 0.3) is 0 Å². The van der Waals surface area contributed by atoms with Crippen LogP contribution in [-0.2, 0) is 0 Å². The standard InChI is InChI=1S/C7H14N2/c1-5-7(2,3)9-6-8-4/h5H2,1-4H3. The molecule has 0 bridgehead atoms. The predicted octanol–water partition coefficient (Wildman–Crippen LogP) is 1.98. The number of rotatable bonds is 2. The van der Waals surface area contributed by atoms with E-state index in [1.807, 2.05) is 0 Å². The topological polar surface area (TPSA) is 24.7 Å². The van der Waals surface area contributed by atoms with E-state index in [0.717, 1.165) is 6.42 Å². The van der Waals surface area contributed by atoms with Crippen LogP contribution in [0.1, 0.15) is 27.2 Å². The molecule has 0 spiro atoms. The van der Waals surface area contributed by atoms with Gasteiger partial charge in [0.05, 0.1) is 11.5 Å². The molecule has 0 saturated carbocycles. The molecule has 0 aliphatic carbocycles. The van der Waals surface area contributed by atoms with Crippen LogP contribution in [0, 0.1) is 0 Å². The zero-order chi connectivity index (χ0) is 7.33. The van der Waals surface area contributed by atoms with E-state index in [-0.39, 0.29) is 5.54 Å². The highest BCUT2D eigenvalue weighted by atomic mass is 14.9. The minimum Gasteiger partial charge on any atom is -0.229 e. The third-order valence-corrected chi connectivity index (χ3v) is 1.32. The lowest BCUT2D eigenvalue weighted by molar-refractivity contribution is 0.507. The van der Waals surface area contributed by atoms with E-state index in [1.165, 1.54) is 0 Å². The molecule has 2 heteroatoms. The van der Waals surface area contributed by atoms with Crippen LogP contribution in [0.3, 0.4) is 0 Å². The second-order valence-electron chi connectivity index (χ2n) is 2.60. The van der Waals surface area contributed by atoms with Crippen LogP contribution in [0.2, 0.25) is 0 Å². The quantitative estimate of drug-likeness (QED) is 0.505. The molecule has 0 heterocycles. The van der Waals surface area contributed by atoms with Crippen LogP contribution in [-0.4, -0.2) is 18.6 Å². The predicted molar refractivity (Wildman–Crippen MR) is 40.2 cm³/mol. The SMILES string of the molecule is CCC(C)(C)N=C=NC. The summed E-state index contributed by atoms with van der Waals surface area (Å²) in [5.74, 6) is 0. The summed E-state index contributed by atoms with van der Waals surface area (Å²) in [5.41, 5.74) is 0.0134. The van der Waals surface area contributed by atoms with Gasteiger partial charge in [-0.05, 0) is 20.3 Å². The third-order valence-electron chi connectivity index (χ3n) is 1.32. The van der Waals surface area contributed by atoms with Gasteiger partial charge in [-0.15, -0.1) is 0 Å². The maximum Gasteiger partial charge on any atom is 0.0895 e. The molecular weight excluding hydrogens is 112 g/mol. The number of hydrogen-bond acceptors (Lipinski definition) is 2. The average Bonchev–Trinajstić information content (AvgIpc) is 1.84. The normalized spacial score (nSPS) is 10.2. The highest BCUT2D eigenvalue weighted by Crippen LogP contribution is 2.11. The molecule has 0 N–H and O–H groups in total. The fourth-order valence-corrected chi connectivity index (χ4v) is 0.264. The maximum atomic E-state index is 4.08. The molecule has 0 saturated heterocycles. The van der Waals surface area contributed by atoms with Crippen molar-refractivity contribution in [2.75, 3.05) is 7.05 Å².